The van der Waals surface area contributed by atoms with Crippen LogP contribution in [-0.2, 0) is 19.3 Å². The van der Waals surface area contributed by atoms with Crippen LogP contribution in [0.25, 0.3) is 11.1 Å². The molecule has 1 N–H and O–H groups in total. The van der Waals surface area contributed by atoms with Gasteiger partial charge in [0.25, 0.3) is 5.71 Å². The number of pyridine rings is 1. The summed E-state index contributed by atoms with van der Waals surface area (Å²) in [6.07, 6.45) is 4.20. The number of nitrogens with zero attached hydrogens (tertiary/aromatic N) is 2. The molecule has 0 saturated carbocycles. The van der Waals surface area contributed by atoms with E-state index in [9.17, 15) is 9.90 Å². The lowest BCUT2D eigenvalue weighted by Crippen LogP contribution is -2.05. The van der Waals surface area contributed by atoms with Crippen LogP contribution in [0, 0.1) is 0 Å². The van der Waals surface area contributed by atoms with Crippen LogP contribution < -0.4 is 0 Å². The quantitative estimate of drug-likeness (QED) is 0.899. The van der Waals surface area contributed by atoms with Crippen molar-refractivity contribution in [2.75, 3.05) is 0 Å². The van der Waals surface area contributed by atoms with E-state index in [1.807, 2.05) is 6.92 Å². The van der Waals surface area contributed by atoms with Gasteiger partial charge in [-0.3, -0.25) is 0 Å². The van der Waals surface area contributed by atoms with E-state index < -0.39 is 5.97 Å². The average molecular weight is 246 g/mol. The molecule has 2 aromatic heterocycles. The van der Waals surface area contributed by atoms with E-state index >= 15 is 0 Å². The number of carboxylic acid groups (broad SMARTS) is 1. The molecule has 0 aliphatic heterocycles. The monoisotopic (exact) mass is 246 g/mol. The van der Waals surface area contributed by atoms with Crippen molar-refractivity contribution in [2.24, 2.45) is 0 Å². The summed E-state index contributed by atoms with van der Waals surface area (Å²) in [5.41, 5.74) is 3.18. The Hall–Kier alpha value is -1.91. The molecule has 0 fully saturated rings. The molecule has 0 radical (unpaired) electrons. The first-order chi connectivity index (χ1) is 8.72. The van der Waals surface area contributed by atoms with E-state index in [-0.39, 0.29) is 0 Å². The predicted molar refractivity (Wildman–Crippen MR) is 64.8 cm³/mol. The van der Waals surface area contributed by atoms with Crippen molar-refractivity contribution in [3.8, 4) is 0 Å². The van der Waals surface area contributed by atoms with Crippen LogP contribution in [0.15, 0.2) is 4.52 Å². The number of aromatic carboxylic acids is 1. The Kier molecular flexibility index (Phi) is 2.54. The summed E-state index contributed by atoms with van der Waals surface area (Å²) in [4.78, 5) is 15.9. The maximum atomic E-state index is 11.5. The van der Waals surface area contributed by atoms with Crippen molar-refractivity contribution in [3.63, 3.8) is 0 Å². The number of aromatic nitrogens is 2. The lowest BCUT2D eigenvalue weighted by Gasteiger charge is -2.05. The van der Waals surface area contributed by atoms with Crippen molar-refractivity contribution in [1.29, 1.82) is 0 Å². The number of rotatable bonds is 3. The third-order valence-electron chi connectivity index (χ3n) is 3.42. The van der Waals surface area contributed by atoms with Gasteiger partial charge >= 0.3 is 5.97 Å². The van der Waals surface area contributed by atoms with Crippen molar-refractivity contribution in [1.82, 2.24) is 10.1 Å². The zero-order chi connectivity index (χ0) is 12.7. The molecular formula is C13H14N2O3. The molecule has 0 saturated heterocycles. The summed E-state index contributed by atoms with van der Waals surface area (Å²) in [5, 5.41) is 14.0. The Morgan fingerprint density at radius 3 is 3.00 bits per heavy atom. The van der Waals surface area contributed by atoms with E-state index in [1.54, 1.807) is 0 Å². The molecule has 1 aliphatic carbocycles. The lowest BCUT2D eigenvalue weighted by molar-refractivity contribution is 0.0697. The normalized spacial score (nSPS) is 14.1. The van der Waals surface area contributed by atoms with E-state index in [1.165, 1.54) is 0 Å². The van der Waals surface area contributed by atoms with Crippen molar-refractivity contribution >= 4 is 17.1 Å². The minimum atomic E-state index is -0.902. The second kappa shape index (κ2) is 4.08. The third-order valence-corrected chi connectivity index (χ3v) is 3.42. The number of hydrogen-bond donors (Lipinski definition) is 1. The van der Waals surface area contributed by atoms with Gasteiger partial charge in [-0.05, 0) is 31.2 Å². The van der Waals surface area contributed by atoms with E-state index in [2.05, 4.69) is 10.1 Å². The largest absolute Gasteiger partial charge is 0.478 e. The number of hydrogen-bond acceptors (Lipinski definition) is 4. The van der Waals surface area contributed by atoms with E-state index in [0.29, 0.717) is 28.8 Å². The molecular weight excluding hydrogens is 232 g/mol. The van der Waals surface area contributed by atoms with Gasteiger partial charge in [0.1, 0.15) is 0 Å². The molecule has 2 aromatic rings. The standard InChI is InChI=1S/C13H14N2O3/c1-2-4-9-11-10(13(16)17)7-5-3-6-8(7)14-12(11)18-15-9/h2-6H2,1H3,(H,16,17). The van der Waals surface area contributed by atoms with Gasteiger partial charge in [-0.15, -0.1) is 0 Å². The summed E-state index contributed by atoms with van der Waals surface area (Å²) in [6, 6.07) is 0. The van der Waals surface area contributed by atoms with Gasteiger partial charge in [0.05, 0.1) is 16.6 Å². The molecule has 0 unspecified atom stereocenters. The van der Waals surface area contributed by atoms with E-state index in [0.717, 1.165) is 36.9 Å². The molecule has 0 atom stereocenters. The summed E-state index contributed by atoms with van der Waals surface area (Å²) < 4.78 is 5.19. The van der Waals surface area contributed by atoms with Gasteiger partial charge in [0.2, 0.25) is 0 Å². The fourth-order valence-corrected chi connectivity index (χ4v) is 2.68. The van der Waals surface area contributed by atoms with Crippen molar-refractivity contribution < 1.29 is 14.4 Å². The first-order valence-electron chi connectivity index (χ1n) is 6.25. The van der Waals surface area contributed by atoms with Gasteiger partial charge in [-0.2, -0.15) is 0 Å². The van der Waals surface area contributed by atoms with Crippen LogP contribution >= 0.6 is 0 Å². The molecule has 0 aromatic carbocycles. The molecule has 0 spiro atoms. The third kappa shape index (κ3) is 1.50. The Morgan fingerprint density at radius 2 is 2.28 bits per heavy atom. The maximum absolute atomic E-state index is 11.5. The highest BCUT2D eigenvalue weighted by molar-refractivity contribution is 6.04. The number of carbonyl (C=O) groups is 1. The van der Waals surface area contributed by atoms with Crippen LogP contribution in [0.3, 0.4) is 0 Å². The minimum Gasteiger partial charge on any atom is -0.478 e. The molecule has 3 rings (SSSR count). The Labute approximate surface area is 104 Å². The zero-order valence-corrected chi connectivity index (χ0v) is 10.2. The van der Waals surface area contributed by atoms with Gasteiger partial charge < -0.3 is 9.63 Å². The molecule has 5 heteroatoms. The second-order valence-corrected chi connectivity index (χ2v) is 4.63. The Morgan fingerprint density at radius 1 is 1.44 bits per heavy atom. The Bertz CT molecular complexity index is 631. The highest BCUT2D eigenvalue weighted by Gasteiger charge is 2.27. The SMILES string of the molecule is CCCc1noc2nc3c(c(C(=O)O)c12)CCC3. The van der Waals surface area contributed by atoms with Gasteiger partial charge in [0.15, 0.2) is 0 Å². The van der Waals surface area contributed by atoms with Crippen molar-refractivity contribution in [3.05, 3.63) is 22.5 Å². The summed E-state index contributed by atoms with van der Waals surface area (Å²) >= 11 is 0. The smallest absolute Gasteiger partial charge is 0.336 e. The predicted octanol–water partition coefficient (Wildman–Crippen LogP) is 2.36. The van der Waals surface area contributed by atoms with Gasteiger partial charge in [-0.1, -0.05) is 18.5 Å². The highest BCUT2D eigenvalue weighted by Crippen LogP contribution is 2.32. The molecule has 2 heterocycles. The first-order valence-corrected chi connectivity index (χ1v) is 6.25. The highest BCUT2D eigenvalue weighted by atomic mass is 16.5. The molecule has 5 nitrogen and oxygen atoms in total. The number of carboxylic acids is 1. The van der Waals surface area contributed by atoms with Gasteiger partial charge in [0, 0.05) is 5.69 Å². The topological polar surface area (TPSA) is 76.2 Å². The first kappa shape index (κ1) is 11.2. The van der Waals surface area contributed by atoms with Crippen LogP contribution in [-0.4, -0.2) is 21.2 Å². The fourth-order valence-electron chi connectivity index (χ4n) is 2.68. The molecule has 0 bridgehead atoms. The van der Waals surface area contributed by atoms with Crippen LogP contribution in [0.4, 0.5) is 0 Å². The lowest BCUT2D eigenvalue weighted by atomic mass is 10.0. The fraction of sp³-hybridized carbons (Fsp3) is 0.462. The Balaban J connectivity index is 2.35. The molecule has 94 valence electrons. The zero-order valence-electron chi connectivity index (χ0n) is 10.2. The number of aryl methyl sites for hydroxylation is 2. The van der Waals surface area contributed by atoms with Crippen LogP contribution in [0.1, 0.15) is 47.1 Å². The van der Waals surface area contributed by atoms with Crippen LogP contribution in [0.2, 0.25) is 0 Å². The van der Waals surface area contributed by atoms with E-state index in [4.69, 9.17) is 4.52 Å². The number of fused-ring (bicyclic) bond motifs is 2. The summed E-state index contributed by atoms with van der Waals surface area (Å²) in [5.74, 6) is -0.902. The van der Waals surface area contributed by atoms with Crippen molar-refractivity contribution in [2.45, 2.75) is 39.0 Å². The van der Waals surface area contributed by atoms with Gasteiger partial charge in [-0.25, -0.2) is 9.78 Å². The average Bonchev–Trinajstić information content (AvgIpc) is 2.93. The van der Waals surface area contributed by atoms with Crippen LogP contribution in [0.5, 0.6) is 0 Å². The summed E-state index contributed by atoms with van der Waals surface area (Å²) in [6.45, 7) is 2.03. The second-order valence-electron chi connectivity index (χ2n) is 4.63. The maximum Gasteiger partial charge on any atom is 0.336 e. The molecule has 0 amide bonds. The molecule has 1 aliphatic rings. The summed E-state index contributed by atoms with van der Waals surface area (Å²) in [7, 11) is 0. The molecule has 18 heavy (non-hydrogen) atoms. The minimum absolute atomic E-state index is 0.359.